The van der Waals surface area contributed by atoms with Crippen molar-refractivity contribution in [1.29, 1.82) is 0 Å². The molecule has 0 spiro atoms. The third-order valence-corrected chi connectivity index (χ3v) is 3.19. The van der Waals surface area contributed by atoms with Crippen molar-refractivity contribution in [3.63, 3.8) is 0 Å². The second kappa shape index (κ2) is 5.05. The second-order valence-electron chi connectivity index (χ2n) is 5.88. The van der Waals surface area contributed by atoms with Gasteiger partial charge in [0.1, 0.15) is 5.82 Å². The smallest absolute Gasteiger partial charge is 0.126 e. The SMILES string of the molecule is CCC(C)(CO)Nc1ccc(C(C)(C)C)cn1. The molecule has 3 heteroatoms. The lowest BCUT2D eigenvalue weighted by Gasteiger charge is -2.28. The Morgan fingerprint density at radius 3 is 2.24 bits per heavy atom. The number of nitrogens with one attached hydrogen (secondary N) is 1. The number of rotatable bonds is 4. The van der Waals surface area contributed by atoms with Crippen LogP contribution in [0.15, 0.2) is 18.3 Å². The first-order chi connectivity index (χ1) is 7.80. The summed E-state index contributed by atoms with van der Waals surface area (Å²) in [6, 6.07) is 4.06. The molecule has 1 heterocycles. The van der Waals surface area contributed by atoms with Crippen LogP contribution in [0.4, 0.5) is 5.82 Å². The van der Waals surface area contributed by atoms with Crippen LogP contribution in [0.2, 0.25) is 0 Å². The highest BCUT2D eigenvalue weighted by molar-refractivity contribution is 5.39. The molecular weight excluding hydrogens is 212 g/mol. The fourth-order valence-corrected chi connectivity index (χ4v) is 1.46. The van der Waals surface area contributed by atoms with Gasteiger partial charge in [-0.3, -0.25) is 0 Å². The highest BCUT2D eigenvalue weighted by atomic mass is 16.3. The Labute approximate surface area is 104 Å². The lowest BCUT2D eigenvalue weighted by Crippen LogP contribution is -2.38. The summed E-state index contributed by atoms with van der Waals surface area (Å²) in [5.74, 6) is 0.816. The van der Waals surface area contributed by atoms with E-state index in [1.165, 1.54) is 5.56 Å². The van der Waals surface area contributed by atoms with E-state index in [-0.39, 0.29) is 17.6 Å². The fourth-order valence-electron chi connectivity index (χ4n) is 1.46. The van der Waals surface area contributed by atoms with Crippen molar-refractivity contribution in [2.24, 2.45) is 0 Å². The highest BCUT2D eigenvalue weighted by Crippen LogP contribution is 2.23. The van der Waals surface area contributed by atoms with E-state index < -0.39 is 0 Å². The van der Waals surface area contributed by atoms with Crippen LogP contribution in [0.3, 0.4) is 0 Å². The van der Waals surface area contributed by atoms with Crippen molar-refractivity contribution >= 4 is 5.82 Å². The molecule has 0 aliphatic heterocycles. The zero-order valence-electron chi connectivity index (χ0n) is 11.5. The second-order valence-corrected chi connectivity index (χ2v) is 5.88. The third-order valence-electron chi connectivity index (χ3n) is 3.19. The Bertz CT molecular complexity index is 347. The van der Waals surface area contributed by atoms with Gasteiger partial charge in [0.15, 0.2) is 0 Å². The van der Waals surface area contributed by atoms with Crippen molar-refractivity contribution in [1.82, 2.24) is 4.98 Å². The molecule has 1 aromatic heterocycles. The molecular formula is C14H24N2O. The summed E-state index contributed by atoms with van der Waals surface area (Å²) in [7, 11) is 0. The van der Waals surface area contributed by atoms with Crippen LogP contribution in [-0.4, -0.2) is 22.2 Å². The molecule has 0 bridgehead atoms. The molecule has 1 unspecified atom stereocenters. The number of hydrogen-bond acceptors (Lipinski definition) is 3. The monoisotopic (exact) mass is 236 g/mol. The molecule has 1 aromatic rings. The Balaban J connectivity index is 2.82. The lowest BCUT2D eigenvalue weighted by molar-refractivity contribution is 0.218. The largest absolute Gasteiger partial charge is 0.394 e. The zero-order valence-corrected chi connectivity index (χ0v) is 11.5. The summed E-state index contributed by atoms with van der Waals surface area (Å²) >= 11 is 0. The van der Waals surface area contributed by atoms with Crippen LogP contribution in [0.5, 0.6) is 0 Å². The van der Waals surface area contributed by atoms with Crippen LogP contribution in [0.1, 0.15) is 46.6 Å². The molecule has 0 aromatic carbocycles. The van der Waals surface area contributed by atoms with Gasteiger partial charge in [-0.25, -0.2) is 4.98 Å². The van der Waals surface area contributed by atoms with Crippen LogP contribution in [0.25, 0.3) is 0 Å². The van der Waals surface area contributed by atoms with Crippen molar-refractivity contribution in [2.75, 3.05) is 11.9 Å². The molecule has 3 nitrogen and oxygen atoms in total. The van der Waals surface area contributed by atoms with Gasteiger partial charge in [-0.1, -0.05) is 33.8 Å². The molecule has 1 rings (SSSR count). The molecule has 2 N–H and O–H groups in total. The summed E-state index contributed by atoms with van der Waals surface area (Å²) in [5.41, 5.74) is 1.04. The molecule has 0 amide bonds. The van der Waals surface area contributed by atoms with Crippen LogP contribution >= 0.6 is 0 Å². The first-order valence-corrected chi connectivity index (χ1v) is 6.16. The molecule has 1 atom stereocenters. The highest BCUT2D eigenvalue weighted by Gasteiger charge is 2.21. The Morgan fingerprint density at radius 1 is 1.24 bits per heavy atom. The van der Waals surface area contributed by atoms with E-state index >= 15 is 0 Å². The number of pyridine rings is 1. The Kier molecular flexibility index (Phi) is 4.15. The maximum absolute atomic E-state index is 9.34. The van der Waals surface area contributed by atoms with Gasteiger partial charge < -0.3 is 10.4 Å². The van der Waals surface area contributed by atoms with Gasteiger partial charge in [0.05, 0.1) is 12.1 Å². The summed E-state index contributed by atoms with van der Waals surface area (Å²) in [5, 5.41) is 12.6. The van der Waals surface area contributed by atoms with E-state index in [1.807, 2.05) is 26.1 Å². The molecule has 0 saturated carbocycles. The van der Waals surface area contributed by atoms with E-state index in [0.717, 1.165) is 12.2 Å². The molecule has 0 aliphatic carbocycles. The maximum atomic E-state index is 9.34. The van der Waals surface area contributed by atoms with Crippen LogP contribution < -0.4 is 5.32 Å². The predicted molar refractivity (Wildman–Crippen MR) is 72.3 cm³/mol. The summed E-state index contributed by atoms with van der Waals surface area (Å²) in [6.07, 6.45) is 2.75. The van der Waals surface area contributed by atoms with Gasteiger partial charge in [0.25, 0.3) is 0 Å². The zero-order chi connectivity index (χ0) is 13.1. The van der Waals surface area contributed by atoms with E-state index in [1.54, 1.807) is 0 Å². The Hall–Kier alpha value is -1.09. The van der Waals surface area contributed by atoms with E-state index in [0.29, 0.717) is 0 Å². The molecule has 96 valence electrons. The predicted octanol–water partition coefficient (Wildman–Crippen LogP) is 2.95. The van der Waals surface area contributed by atoms with Crippen molar-refractivity contribution in [3.05, 3.63) is 23.9 Å². The maximum Gasteiger partial charge on any atom is 0.126 e. The molecule has 17 heavy (non-hydrogen) atoms. The average Bonchev–Trinajstić information content (AvgIpc) is 2.28. The van der Waals surface area contributed by atoms with Gasteiger partial charge in [0.2, 0.25) is 0 Å². The number of aromatic nitrogens is 1. The van der Waals surface area contributed by atoms with Crippen molar-refractivity contribution in [3.8, 4) is 0 Å². The fraction of sp³-hybridized carbons (Fsp3) is 0.643. The standard InChI is InChI=1S/C14H24N2O/c1-6-14(5,10-17)16-12-8-7-11(9-15-12)13(2,3)4/h7-9,17H,6,10H2,1-5H3,(H,15,16). The van der Waals surface area contributed by atoms with Gasteiger partial charge in [-0.05, 0) is 30.4 Å². The van der Waals surface area contributed by atoms with E-state index in [2.05, 4.69) is 37.1 Å². The van der Waals surface area contributed by atoms with E-state index in [4.69, 9.17) is 0 Å². The Morgan fingerprint density at radius 2 is 1.88 bits per heavy atom. The van der Waals surface area contributed by atoms with Crippen molar-refractivity contribution < 1.29 is 5.11 Å². The number of anilines is 1. The van der Waals surface area contributed by atoms with Gasteiger partial charge >= 0.3 is 0 Å². The number of nitrogens with zero attached hydrogens (tertiary/aromatic N) is 1. The normalized spacial score (nSPS) is 15.4. The summed E-state index contributed by atoms with van der Waals surface area (Å²) in [4.78, 5) is 4.40. The quantitative estimate of drug-likeness (QED) is 0.845. The number of hydrogen-bond donors (Lipinski definition) is 2. The minimum Gasteiger partial charge on any atom is -0.394 e. The third kappa shape index (κ3) is 3.70. The summed E-state index contributed by atoms with van der Waals surface area (Å²) < 4.78 is 0. The number of aliphatic hydroxyl groups excluding tert-OH is 1. The molecule has 0 aliphatic rings. The number of aliphatic hydroxyl groups is 1. The molecule has 0 fully saturated rings. The van der Waals surface area contributed by atoms with E-state index in [9.17, 15) is 5.11 Å². The van der Waals surface area contributed by atoms with Gasteiger partial charge in [0, 0.05) is 6.20 Å². The average molecular weight is 236 g/mol. The lowest BCUT2D eigenvalue weighted by atomic mass is 9.88. The molecule has 0 saturated heterocycles. The van der Waals surface area contributed by atoms with Crippen LogP contribution in [0, 0.1) is 0 Å². The van der Waals surface area contributed by atoms with Gasteiger partial charge in [-0.15, -0.1) is 0 Å². The molecule has 0 radical (unpaired) electrons. The summed E-state index contributed by atoms with van der Waals surface area (Å²) in [6.45, 7) is 10.6. The first kappa shape index (κ1) is 14.0. The van der Waals surface area contributed by atoms with Crippen LogP contribution in [-0.2, 0) is 5.41 Å². The van der Waals surface area contributed by atoms with Gasteiger partial charge in [-0.2, -0.15) is 0 Å². The first-order valence-electron chi connectivity index (χ1n) is 6.16. The minimum absolute atomic E-state index is 0.103. The topological polar surface area (TPSA) is 45.1 Å². The van der Waals surface area contributed by atoms with Crippen molar-refractivity contribution in [2.45, 2.75) is 52.0 Å². The minimum atomic E-state index is -0.295.